The van der Waals surface area contributed by atoms with Gasteiger partial charge in [-0.1, -0.05) is 19.1 Å². The van der Waals surface area contributed by atoms with Gasteiger partial charge in [0.2, 0.25) is 5.91 Å². The van der Waals surface area contributed by atoms with Crippen molar-refractivity contribution in [1.82, 2.24) is 25.7 Å². The lowest BCUT2D eigenvalue weighted by Crippen LogP contribution is -2.50. The smallest absolute Gasteiger partial charge is 0.322 e. The van der Waals surface area contributed by atoms with Crippen LogP contribution in [-0.4, -0.2) is 65.2 Å². The Bertz CT molecular complexity index is 905. The lowest BCUT2D eigenvalue weighted by atomic mass is 10.00. The Kier molecular flexibility index (Phi) is 5.20. The largest absolute Gasteiger partial charge is 0.368 e. The van der Waals surface area contributed by atoms with Crippen molar-refractivity contribution in [2.24, 2.45) is 5.92 Å². The molecule has 1 aromatic carbocycles. The number of hydrogen-bond acceptors (Lipinski definition) is 5. The summed E-state index contributed by atoms with van der Waals surface area (Å²) in [5.41, 5.74) is 3.26. The highest BCUT2D eigenvalue weighted by molar-refractivity contribution is 6.04. The molecule has 0 saturated carbocycles. The molecule has 2 aliphatic heterocycles. The van der Waals surface area contributed by atoms with Crippen LogP contribution in [0.25, 0.3) is 11.1 Å². The minimum atomic E-state index is -0.631. The Hall–Kier alpha value is -3.36. The van der Waals surface area contributed by atoms with E-state index in [2.05, 4.69) is 37.9 Å². The van der Waals surface area contributed by atoms with Crippen LogP contribution in [0.15, 0.2) is 36.7 Å². The fourth-order valence-electron chi connectivity index (χ4n) is 3.87. The van der Waals surface area contributed by atoms with Gasteiger partial charge >= 0.3 is 6.03 Å². The number of urea groups is 1. The van der Waals surface area contributed by atoms with Crippen molar-refractivity contribution in [3.63, 3.8) is 0 Å². The van der Waals surface area contributed by atoms with Gasteiger partial charge in [-0.05, 0) is 24.1 Å². The molecule has 3 N–H and O–H groups in total. The quantitative estimate of drug-likeness (QED) is 0.652. The second-order valence-corrected chi connectivity index (χ2v) is 7.50. The number of piperazine rings is 1. The maximum absolute atomic E-state index is 12.8. The Balaban J connectivity index is 1.33. The van der Waals surface area contributed by atoms with E-state index in [4.69, 9.17) is 0 Å². The molecule has 2 fully saturated rings. The molecule has 9 nitrogen and oxygen atoms in total. The highest BCUT2D eigenvalue weighted by Crippen LogP contribution is 2.25. The molecule has 0 bridgehead atoms. The predicted octanol–water partition coefficient (Wildman–Crippen LogP) is 0.960. The average molecular weight is 396 g/mol. The topological polar surface area (TPSA) is 110 Å². The number of amides is 4. The zero-order valence-electron chi connectivity index (χ0n) is 16.2. The van der Waals surface area contributed by atoms with Gasteiger partial charge in [0.25, 0.3) is 5.91 Å². The van der Waals surface area contributed by atoms with Crippen molar-refractivity contribution in [1.29, 1.82) is 0 Å². The van der Waals surface area contributed by atoms with E-state index in [0.29, 0.717) is 19.5 Å². The van der Waals surface area contributed by atoms with Crippen LogP contribution >= 0.6 is 0 Å². The van der Waals surface area contributed by atoms with Gasteiger partial charge in [-0.15, -0.1) is 0 Å². The molecule has 2 aliphatic rings. The molecule has 3 heterocycles. The first-order valence-electron chi connectivity index (χ1n) is 9.75. The van der Waals surface area contributed by atoms with E-state index in [1.54, 1.807) is 13.1 Å². The Morgan fingerprint density at radius 2 is 2.00 bits per heavy atom. The van der Waals surface area contributed by atoms with E-state index in [1.165, 1.54) is 0 Å². The second kappa shape index (κ2) is 7.94. The third-order valence-corrected chi connectivity index (χ3v) is 5.50. The van der Waals surface area contributed by atoms with Crippen molar-refractivity contribution >= 4 is 23.5 Å². The van der Waals surface area contributed by atoms with Crippen LogP contribution in [0.2, 0.25) is 0 Å². The molecular weight excluding hydrogens is 372 g/mol. The molecule has 9 heteroatoms. The summed E-state index contributed by atoms with van der Waals surface area (Å²) < 4.78 is 0. The maximum Gasteiger partial charge on any atom is 0.322 e. The van der Waals surface area contributed by atoms with Crippen LogP contribution in [0.4, 0.5) is 10.5 Å². The first-order chi connectivity index (χ1) is 14.0. The summed E-state index contributed by atoms with van der Waals surface area (Å²) in [6.07, 6.45) is 3.97. The summed E-state index contributed by atoms with van der Waals surface area (Å²) in [5.74, 6) is -0.678. The molecule has 29 heavy (non-hydrogen) atoms. The molecule has 4 amide bonds. The van der Waals surface area contributed by atoms with Gasteiger partial charge in [0, 0.05) is 49.5 Å². The molecule has 2 atom stereocenters. The maximum atomic E-state index is 12.8. The first kappa shape index (κ1) is 19.0. The number of H-pyrrole nitrogens is 1. The number of aromatic nitrogens is 2. The summed E-state index contributed by atoms with van der Waals surface area (Å²) in [6.45, 7) is 4.55. The molecular formula is C20H24N6O3. The summed E-state index contributed by atoms with van der Waals surface area (Å²) in [7, 11) is 0. The molecule has 1 aromatic heterocycles. The van der Waals surface area contributed by atoms with Crippen LogP contribution in [0.1, 0.15) is 13.3 Å². The van der Waals surface area contributed by atoms with Gasteiger partial charge in [0.05, 0.1) is 6.20 Å². The SMILES string of the molecule is CC(C[C@H]1NC(=O)NC1=O)C(=O)N1CCN(c2cccc(-c3cn[nH]c3)c2)CC1. The fourth-order valence-corrected chi connectivity index (χ4v) is 3.87. The Labute approximate surface area is 168 Å². The van der Waals surface area contributed by atoms with Crippen molar-refractivity contribution in [3.8, 4) is 11.1 Å². The monoisotopic (exact) mass is 396 g/mol. The molecule has 4 rings (SSSR count). The van der Waals surface area contributed by atoms with E-state index in [-0.39, 0.29) is 17.7 Å². The van der Waals surface area contributed by atoms with E-state index in [1.807, 2.05) is 23.2 Å². The number of aromatic amines is 1. The highest BCUT2D eigenvalue weighted by atomic mass is 16.2. The van der Waals surface area contributed by atoms with Gasteiger partial charge in [-0.3, -0.25) is 20.0 Å². The van der Waals surface area contributed by atoms with Crippen molar-refractivity contribution < 1.29 is 14.4 Å². The number of hydrogen-bond donors (Lipinski definition) is 3. The van der Waals surface area contributed by atoms with Crippen molar-refractivity contribution in [3.05, 3.63) is 36.7 Å². The third kappa shape index (κ3) is 4.08. The van der Waals surface area contributed by atoms with Gasteiger partial charge < -0.3 is 15.1 Å². The number of anilines is 1. The lowest BCUT2D eigenvalue weighted by molar-refractivity contribution is -0.135. The summed E-state index contributed by atoms with van der Waals surface area (Å²) in [6, 6.07) is 7.16. The first-order valence-corrected chi connectivity index (χ1v) is 9.75. The van der Waals surface area contributed by atoms with Crippen LogP contribution < -0.4 is 15.5 Å². The number of benzene rings is 1. The van der Waals surface area contributed by atoms with Gasteiger partial charge in [-0.25, -0.2) is 4.79 Å². The average Bonchev–Trinajstić information content (AvgIpc) is 3.37. The standard InChI is InChI=1S/C20H24N6O3/c1-13(9-17-18(27)24-20(29)23-17)19(28)26-7-5-25(6-8-26)16-4-2-3-14(10-16)15-11-21-22-12-15/h2-4,10-13,17H,5-9H2,1H3,(H,21,22)(H2,23,24,27,29)/t13?,17-/m1/s1. The number of imide groups is 1. The van der Waals surface area contributed by atoms with E-state index < -0.39 is 12.1 Å². The third-order valence-electron chi connectivity index (χ3n) is 5.50. The number of carbonyl (C=O) groups excluding carboxylic acids is 3. The van der Waals surface area contributed by atoms with E-state index in [9.17, 15) is 14.4 Å². The second-order valence-electron chi connectivity index (χ2n) is 7.50. The highest BCUT2D eigenvalue weighted by Gasteiger charge is 2.34. The van der Waals surface area contributed by atoms with Gasteiger partial charge in [0.15, 0.2) is 0 Å². The summed E-state index contributed by atoms with van der Waals surface area (Å²) in [4.78, 5) is 39.8. The molecule has 0 radical (unpaired) electrons. The molecule has 1 unspecified atom stereocenters. The minimum Gasteiger partial charge on any atom is -0.368 e. The van der Waals surface area contributed by atoms with Gasteiger partial charge in [-0.2, -0.15) is 5.10 Å². The number of carbonyl (C=O) groups is 3. The van der Waals surface area contributed by atoms with Crippen molar-refractivity contribution in [2.45, 2.75) is 19.4 Å². The molecule has 2 aromatic rings. The van der Waals surface area contributed by atoms with E-state index in [0.717, 1.165) is 29.9 Å². The molecule has 2 saturated heterocycles. The number of nitrogens with zero attached hydrogens (tertiary/aromatic N) is 3. The van der Waals surface area contributed by atoms with Crippen LogP contribution in [-0.2, 0) is 9.59 Å². The Morgan fingerprint density at radius 1 is 1.21 bits per heavy atom. The van der Waals surface area contributed by atoms with Crippen molar-refractivity contribution in [2.75, 3.05) is 31.1 Å². The summed E-state index contributed by atoms with van der Waals surface area (Å²) >= 11 is 0. The minimum absolute atomic E-state index is 0.0192. The summed E-state index contributed by atoms with van der Waals surface area (Å²) in [5, 5.41) is 11.6. The zero-order chi connectivity index (χ0) is 20.4. The van der Waals surface area contributed by atoms with Gasteiger partial charge in [0.1, 0.15) is 6.04 Å². The fraction of sp³-hybridized carbons (Fsp3) is 0.400. The van der Waals surface area contributed by atoms with E-state index >= 15 is 0 Å². The lowest BCUT2D eigenvalue weighted by Gasteiger charge is -2.37. The predicted molar refractivity (Wildman–Crippen MR) is 107 cm³/mol. The van der Waals surface area contributed by atoms with Crippen LogP contribution in [0.3, 0.4) is 0 Å². The Morgan fingerprint density at radius 3 is 2.66 bits per heavy atom. The zero-order valence-corrected chi connectivity index (χ0v) is 16.2. The molecule has 152 valence electrons. The molecule has 0 aliphatic carbocycles. The number of rotatable bonds is 5. The molecule has 0 spiro atoms. The van der Waals surface area contributed by atoms with Crippen LogP contribution in [0.5, 0.6) is 0 Å². The normalized spacial score (nSPS) is 20.4. The van der Waals surface area contributed by atoms with Crippen LogP contribution in [0, 0.1) is 5.92 Å². The number of nitrogens with one attached hydrogen (secondary N) is 3.